The Morgan fingerprint density at radius 3 is 2.84 bits per heavy atom. The predicted octanol–water partition coefficient (Wildman–Crippen LogP) is 3.01. The lowest BCUT2D eigenvalue weighted by Crippen LogP contribution is -1.99. The van der Waals surface area contributed by atoms with Gasteiger partial charge in [-0.15, -0.1) is 0 Å². The lowest BCUT2D eigenvalue weighted by atomic mass is 10.1. The Bertz CT molecular complexity index is 749. The summed E-state index contributed by atoms with van der Waals surface area (Å²) >= 11 is 0. The molecule has 2 aromatic carbocycles. The van der Waals surface area contributed by atoms with E-state index in [9.17, 15) is 9.50 Å². The number of aromatic hydroxyl groups is 1. The fourth-order valence-corrected chi connectivity index (χ4v) is 2.22. The second-order valence-corrected chi connectivity index (χ2v) is 4.57. The number of benzene rings is 2. The Kier molecular flexibility index (Phi) is 2.71. The van der Waals surface area contributed by atoms with Crippen LogP contribution >= 0.6 is 0 Å². The second kappa shape index (κ2) is 4.39. The van der Waals surface area contributed by atoms with Gasteiger partial charge in [0.25, 0.3) is 0 Å². The fraction of sp³-hybridized carbons (Fsp3) is 0.133. The molecule has 96 valence electrons. The Hall–Kier alpha value is -2.36. The lowest BCUT2D eigenvalue weighted by molar-refractivity contribution is 0.474. The van der Waals surface area contributed by atoms with E-state index in [0.29, 0.717) is 6.42 Å². The maximum Gasteiger partial charge on any atom is 0.125 e. The van der Waals surface area contributed by atoms with Gasteiger partial charge < -0.3 is 9.67 Å². The van der Waals surface area contributed by atoms with Crippen LogP contribution in [0, 0.1) is 5.82 Å². The van der Waals surface area contributed by atoms with Gasteiger partial charge >= 0.3 is 0 Å². The number of hydrogen-bond donors (Lipinski definition) is 1. The van der Waals surface area contributed by atoms with Gasteiger partial charge in [-0.25, -0.2) is 9.37 Å². The first-order chi connectivity index (χ1) is 9.13. The number of aromatic nitrogens is 2. The molecule has 0 aliphatic carbocycles. The molecule has 0 atom stereocenters. The highest BCUT2D eigenvalue weighted by molar-refractivity contribution is 5.76. The largest absolute Gasteiger partial charge is 0.508 e. The number of hydrogen-bond acceptors (Lipinski definition) is 2. The number of phenols is 1. The van der Waals surface area contributed by atoms with Crippen molar-refractivity contribution in [2.24, 2.45) is 7.05 Å². The van der Waals surface area contributed by atoms with Gasteiger partial charge in [-0.1, -0.05) is 12.1 Å². The summed E-state index contributed by atoms with van der Waals surface area (Å²) in [7, 11) is 1.87. The third-order valence-corrected chi connectivity index (χ3v) is 3.21. The smallest absolute Gasteiger partial charge is 0.125 e. The van der Waals surface area contributed by atoms with E-state index in [0.717, 1.165) is 22.4 Å². The summed E-state index contributed by atoms with van der Waals surface area (Å²) in [6.07, 6.45) is 0.598. The molecule has 0 amide bonds. The lowest BCUT2D eigenvalue weighted by Gasteiger charge is -2.03. The Labute approximate surface area is 109 Å². The van der Waals surface area contributed by atoms with E-state index in [1.165, 1.54) is 12.1 Å². The number of imidazole rings is 1. The monoisotopic (exact) mass is 256 g/mol. The number of aryl methyl sites for hydroxylation is 1. The van der Waals surface area contributed by atoms with Crippen LogP contribution in [0.15, 0.2) is 42.5 Å². The molecule has 0 saturated heterocycles. The molecule has 0 aliphatic rings. The summed E-state index contributed by atoms with van der Waals surface area (Å²) in [6, 6.07) is 11.6. The number of phenolic OH excluding ortho intramolecular Hbond substituents is 1. The van der Waals surface area contributed by atoms with Gasteiger partial charge in [-0.2, -0.15) is 0 Å². The molecular formula is C15H13FN2O. The van der Waals surface area contributed by atoms with Crippen LogP contribution in [0.4, 0.5) is 4.39 Å². The summed E-state index contributed by atoms with van der Waals surface area (Å²) < 4.78 is 15.1. The molecule has 1 N–H and O–H groups in total. The normalized spacial score (nSPS) is 11.1. The Morgan fingerprint density at radius 2 is 2.05 bits per heavy atom. The van der Waals surface area contributed by atoms with Crippen molar-refractivity contribution in [2.45, 2.75) is 6.42 Å². The van der Waals surface area contributed by atoms with Crippen molar-refractivity contribution in [3.8, 4) is 5.75 Å². The predicted molar refractivity (Wildman–Crippen MR) is 71.6 cm³/mol. The van der Waals surface area contributed by atoms with Crippen LogP contribution in [0.1, 0.15) is 11.4 Å². The van der Waals surface area contributed by atoms with Crippen molar-refractivity contribution in [3.05, 3.63) is 59.7 Å². The first-order valence-corrected chi connectivity index (χ1v) is 6.02. The van der Waals surface area contributed by atoms with Gasteiger partial charge in [0.2, 0.25) is 0 Å². The van der Waals surface area contributed by atoms with Crippen LogP contribution in [0.2, 0.25) is 0 Å². The first kappa shape index (κ1) is 11.7. The molecule has 0 unspecified atom stereocenters. The quantitative estimate of drug-likeness (QED) is 0.765. The molecule has 1 aromatic heterocycles. The molecule has 0 fully saturated rings. The average Bonchev–Trinajstić information content (AvgIpc) is 2.67. The highest BCUT2D eigenvalue weighted by Crippen LogP contribution is 2.19. The highest BCUT2D eigenvalue weighted by atomic mass is 19.1. The number of fused-ring (bicyclic) bond motifs is 1. The standard InChI is InChI=1S/C15H13FN2O/c1-18-14-9-11(16)5-6-13(14)17-15(18)8-10-3-2-4-12(19)7-10/h2-7,9,19H,8H2,1H3. The van der Waals surface area contributed by atoms with E-state index in [-0.39, 0.29) is 11.6 Å². The third-order valence-electron chi connectivity index (χ3n) is 3.21. The minimum Gasteiger partial charge on any atom is -0.508 e. The van der Waals surface area contributed by atoms with Crippen molar-refractivity contribution < 1.29 is 9.50 Å². The van der Waals surface area contributed by atoms with Crippen molar-refractivity contribution in [1.82, 2.24) is 9.55 Å². The molecule has 3 aromatic rings. The van der Waals surface area contributed by atoms with E-state index >= 15 is 0 Å². The number of halogens is 1. The summed E-state index contributed by atoms with van der Waals surface area (Å²) in [4.78, 5) is 4.49. The summed E-state index contributed by atoms with van der Waals surface area (Å²) in [6.45, 7) is 0. The molecule has 0 saturated carbocycles. The number of rotatable bonds is 2. The van der Waals surface area contributed by atoms with Gasteiger partial charge in [0.05, 0.1) is 11.0 Å². The molecule has 3 rings (SSSR count). The molecule has 0 aliphatic heterocycles. The van der Waals surface area contributed by atoms with Crippen LogP contribution in [0.3, 0.4) is 0 Å². The SMILES string of the molecule is Cn1c(Cc2cccc(O)c2)nc2ccc(F)cc21. The van der Waals surface area contributed by atoms with Crippen LogP contribution in [-0.4, -0.2) is 14.7 Å². The molecule has 0 spiro atoms. The molecule has 4 heteroatoms. The van der Waals surface area contributed by atoms with E-state index in [4.69, 9.17) is 0 Å². The highest BCUT2D eigenvalue weighted by Gasteiger charge is 2.09. The van der Waals surface area contributed by atoms with Crippen molar-refractivity contribution >= 4 is 11.0 Å². The maximum atomic E-state index is 13.2. The molecular weight excluding hydrogens is 243 g/mol. The third kappa shape index (κ3) is 2.17. The van der Waals surface area contributed by atoms with Crippen molar-refractivity contribution in [1.29, 1.82) is 0 Å². The minimum absolute atomic E-state index is 0.238. The zero-order valence-corrected chi connectivity index (χ0v) is 10.5. The van der Waals surface area contributed by atoms with Gasteiger partial charge in [0, 0.05) is 13.5 Å². The molecule has 0 radical (unpaired) electrons. The van der Waals surface area contributed by atoms with Gasteiger partial charge in [0.15, 0.2) is 0 Å². The second-order valence-electron chi connectivity index (χ2n) is 4.57. The minimum atomic E-state index is -0.264. The maximum absolute atomic E-state index is 13.2. The van der Waals surface area contributed by atoms with E-state index in [1.807, 2.05) is 17.7 Å². The fourth-order valence-electron chi connectivity index (χ4n) is 2.22. The zero-order valence-electron chi connectivity index (χ0n) is 10.5. The van der Waals surface area contributed by atoms with Crippen LogP contribution in [0.25, 0.3) is 11.0 Å². The average molecular weight is 256 g/mol. The van der Waals surface area contributed by atoms with Crippen LogP contribution in [0.5, 0.6) is 5.75 Å². The summed E-state index contributed by atoms with van der Waals surface area (Å²) in [5.74, 6) is 0.813. The molecule has 0 bridgehead atoms. The van der Waals surface area contributed by atoms with E-state index in [1.54, 1.807) is 24.3 Å². The molecule has 19 heavy (non-hydrogen) atoms. The van der Waals surface area contributed by atoms with Crippen LogP contribution < -0.4 is 0 Å². The van der Waals surface area contributed by atoms with E-state index < -0.39 is 0 Å². The van der Waals surface area contributed by atoms with Gasteiger partial charge in [-0.05, 0) is 35.9 Å². The molecule has 1 heterocycles. The zero-order chi connectivity index (χ0) is 13.4. The van der Waals surface area contributed by atoms with Gasteiger partial charge in [-0.3, -0.25) is 0 Å². The van der Waals surface area contributed by atoms with Crippen molar-refractivity contribution in [3.63, 3.8) is 0 Å². The van der Waals surface area contributed by atoms with E-state index in [2.05, 4.69) is 4.98 Å². The number of nitrogens with zero attached hydrogens (tertiary/aromatic N) is 2. The Balaban J connectivity index is 2.04. The van der Waals surface area contributed by atoms with Crippen molar-refractivity contribution in [2.75, 3.05) is 0 Å². The topological polar surface area (TPSA) is 38.0 Å². The first-order valence-electron chi connectivity index (χ1n) is 6.02. The van der Waals surface area contributed by atoms with Gasteiger partial charge in [0.1, 0.15) is 17.4 Å². The Morgan fingerprint density at radius 1 is 1.21 bits per heavy atom. The summed E-state index contributed by atoms with van der Waals surface area (Å²) in [5.41, 5.74) is 2.52. The molecule has 3 nitrogen and oxygen atoms in total. The summed E-state index contributed by atoms with van der Waals surface area (Å²) in [5, 5.41) is 9.46. The van der Waals surface area contributed by atoms with Crippen LogP contribution in [-0.2, 0) is 13.5 Å².